The first kappa shape index (κ1) is 21.5. The third kappa shape index (κ3) is 5.44. The van der Waals surface area contributed by atoms with Crippen LogP contribution in [0.1, 0.15) is 12.5 Å². The molecule has 1 amide bonds. The second kappa shape index (κ2) is 10.0. The number of esters is 1. The average Bonchev–Trinajstić information content (AvgIpc) is 3.07. The molecule has 2 aromatic carbocycles. The van der Waals surface area contributed by atoms with Gasteiger partial charge in [-0.25, -0.2) is 9.18 Å². The molecule has 1 atom stereocenters. The number of benzene rings is 2. The van der Waals surface area contributed by atoms with Crippen LogP contribution in [0.25, 0.3) is 6.08 Å². The van der Waals surface area contributed by atoms with Gasteiger partial charge < -0.3 is 24.8 Å². The van der Waals surface area contributed by atoms with Crippen molar-refractivity contribution in [3.05, 3.63) is 58.8 Å². The Morgan fingerprint density at radius 1 is 1.27 bits per heavy atom. The number of carbonyl (C=O) groups is 2. The zero-order valence-corrected chi connectivity index (χ0v) is 17.3. The average molecular weight is 432 g/mol. The van der Waals surface area contributed by atoms with E-state index in [1.807, 2.05) is 0 Å². The van der Waals surface area contributed by atoms with Crippen molar-refractivity contribution in [3.63, 3.8) is 0 Å². The van der Waals surface area contributed by atoms with Gasteiger partial charge in [0, 0.05) is 0 Å². The molecular formula is C21H21FN2O5S. The van der Waals surface area contributed by atoms with Crippen molar-refractivity contribution < 1.29 is 28.2 Å². The highest BCUT2D eigenvalue weighted by Crippen LogP contribution is 2.33. The highest BCUT2D eigenvalue weighted by atomic mass is 32.2. The number of para-hydroxylation sites is 1. The fourth-order valence-electron chi connectivity index (χ4n) is 2.67. The maximum absolute atomic E-state index is 13.8. The molecule has 1 heterocycles. The molecule has 0 spiro atoms. The van der Waals surface area contributed by atoms with E-state index in [2.05, 4.69) is 10.6 Å². The molecule has 2 aromatic rings. The van der Waals surface area contributed by atoms with Crippen molar-refractivity contribution in [2.24, 2.45) is 0 Å². The van der Waals surface area contributed by atoms with Crippen LogP contribution >= 0.6 is 11.8 Å². The van der Waals surface area contributed by atoms with Gasteiger partial charge in [0.25, 0.3) is 5.91 Å². The molecule has 1 fully saturated rings. The van der Waals surface area contributed by atoms with E-state index in [0.717, 1.165) is 0 Å². The number of amides is 1. The summed E-state index contributed by atoms with van der Waals surface area (Å²) in [5, 5.41) is 5.71. The summed E-state index contributed by atoms with van der Waals surface area (Å²) in [4.78, 5) is 24.2. The van der Waals surface area contributed by atoms with E-state index in [1.54, 1.807) is 49.4 Å². The number of ether oxygens (including phenoxy) is 3. The molecule has 158 valence electrons. The van der Waals surface area contributed by atoms with E-state index in [-0.39, 0.29) is 19.1 Å². The molecule has 9 heteroatoms. The highest BCUT2D eigenvalue weighted by Gasteiger charge is 2.27. The molecule has 7 nitrogen and oxygen atoms in total. The number of anilines is 1. The second-order valence-electron chi connectivity index (χ2n) is 6.11. The first-order chi connectivity index (χ1) is 14.5. The lowest BCUT2D eigenvalue weighted by atomic mass is 10.2. The Morgan fingerprint density at radius 2 is 2.07 bits per heavy atom. The number of nitrogens with one attached hydrogen (secondary N) is 2. The number of carbonyl (C=O) groups excluding carboxylic acids is 2. The van der Waals surface area contributed by atoms with Crippen LogP contribution < -0.4 is 20.1 Å². The highest BCUT2D eigenvalue weighted by molar-refractivity contribution is 8.05. The second-order valence-corrected chi connectivity index (χ2v) is 7.26. The Morgan fingerprint density at radius 3 is 2.80 bits per heavy atom. The number of hydrogen-bond donors (Lipinski definition) is 2. The molecule has 30 heavy (non-hydrogen) atoms. The van der Waals surface area contributed by atoms with Crippen LogP contribution in [0, 0.1) is 5.82 Å². The monoisotopic (exact) mass is 432 g/mol. The largest absolute Gasteiger partial charge is 0.493 e. The van der Waals surface area contributed by atoms with Crippen LogP contribution in [0.5, 0.6) is 11.5 Å². The van der Waals surface area contributed by atoms with Crippen molar-refractivity contribution in [2.45, 2.75) is 12.4 Å². The van der Waals surface area contributed by atoms with Crippen LogP contribution in [-0.2, 0) is 14.3 Å². The van der Waals surface area contributed by atoms with Gasteiger partial charge in [0.2, 0.25) is 0 Å². The maximum atomic E-state index is 13.8. The first-order valence-corrected chi connectivity index (χ1v) is 10.0. The van der Waals surface area contributed by atoms with Gasteiger partial charge in [0.15, 0.2) is 23.6 Å². The SMILES string of the molecule is CCOC(=O)COc1ccc(/C=C2\SC(Nc3ccccc3F)NC2=O)cc1OC. The number of thioether (sulfide) groups is 1. The smallest absolute Gasteiger partial charge is 0.344 e. The molecule has 0 bridgehead atoms. The molecule has 0 saturated carbocycles. The van der Waals surface area contributed by atoms with E-state index in [9.17, 15) is 14.0 Å². The van der Waals surface area contributed by atoms with Gasteiger partial charge >= 0.3 is 5.97 Å². The Balaban J connectivity index is 1.69. The molecule has 0 radical (unpaired) electrons. The molecule has 1 saturated heterocycles. The van der Waals surface area contributed by atoms with E-state index in [4.69, 9.17) is 14.2 Å². The summed E-state index contributed by atoms with van der Waals surface area (Å²) in [5.74, 6) is -0.338. The van der Waals surface area contributed by atoms with Gasteiger partial charge in [-0.05, 0) is 42.8 Å². The number of methoxy groups -OCH3 is 1. The Bertz CT molecular complexity index is 966. The fraction of sp³-hybridized carbons (Fsp3) is 0.238. The molecule has 0 aliphatic carbocycles. The summed E-state index contributed by atoms with van der Waals surface area (Å²) in [7, 11) is 1.48. The van der Waals surface area contributed by atoms with Gasteiger partial charge in [0.05, 0.1) is 24.3 Å². The minimum atomic E-state index is -0.491. The van der Waals surface area contributed by atoms with E-state index >= 15 is 0 Å². The lowest BCUT2D eigenvalue weighted by molar-refractivity contribution is -0.145. The van der Waals surface area contributed by atoms with E-state index in [0.29, 0.717) is 27.7 Å². The minimum absolute atomic E-state index is 0.230. The Kier molecular flexibility index (Phi) is 7.18. The van der Waals surface area contributed by atoms with Crippen molar-refractivity contribution >= 4 is 35.4 Å². The van der Waals surface area contributed by atoms with Gasteiger partial charge in [-0.1, -0.05) is 30.0 Å². The van der Waals surface area contributed by atoms with E-state index in [1.165, 1.54) is 24.9 Å². The van der Waals surface area contributed by atoms with Crippen LogP contribution in [0.2, 0.25) is 0 Å². The lowest BCUT2D eigenvalue weighted by Gasteiger charge is -2.13. The lowest BCUT2D eigenvalue weighted by Crippen LogP contribution is -2.31. The van der Waals surface area contributed by atoms with Gasteiger partial charge in [0.1, 0.15) is 5.82 Å². The zero-order valence-electron chi connectivity index (χ0n) is 16.4. The summed E-state index contributed by atoms with van der Waals surface area (Å²) in [6.07, 6.45) is 1.70. The maximum Gasteiger partial charge on any atom is 0.344 e. The third-order valence-electron chi connectivity index (χ3n) is 4.03. The standard InChI is InChI=1S/C21H21FN2O5S/c1-3-28-19(25)12-29-16-9-8-13(10-17(16)27-2)11-18-20(26)24-21(30-18)23-15-7-5-4-6-14(15)22/h4-11,21,23H,3,12H2,1-2H3,(H,24,26)/b18-11-. The minimum Gasteiger partial charge on any atom is -0.493 e. The first-order valence-electron chi connectivity index (χ1n) is 9.17. The normalized spacial score (nSPS) is 16.8. The Labute approximate surface area is 177 Å². The van der Waals surface area contributed by atoms with Crippen molar-refractivity contribution in [2.75, 3.05) is 25.6 Å². The summed E-state index contributed by atoms with van der Waals surface area (Å²) in [6, 6.07) is 11.3. The quantitative estimate of drug-likeness (QED) is 0.489. The number of rotatable bonds is 8. The summed E-state index contributed by atoms with van der Waals surface area (Å²) in [5.41, 5.74) is 0.524. The fourth-order valence-corrected chi connectivity index (χ4v) is 3.64. The molecule has 2 N–H and O–H groups in total. The number of halogens is 1. The van der Waals surface area contributed by atoms with E-state index < -0.39 is 17.3 Å². The Hall–Kier alpha value is -3.20. The van der Waals surface area contributed by atoms with Crippen LogP contribution in [-0.4, -0.2) is 37.7 Å². The number of hydrogen-bond acceptors (Lipinski definition) is 7. The van der Waals surface area contributed by atoms with Crippen molar-refractivity contribution in [1.82, 2.24) is 5.32 Å². The molecule has 1 aliphatic rings. The summed E-state index contributed by atoms with van der Waals surface area (Å²) >= 11 is 1.24. The molecule has 3 rings (SSSR count). The van der Waals surface area contributed by atoms with Crippen molar-refractivity contribution in [1.29, 1.82) is 0 Å². The summed E-state index contributed by atoms with van der Waals surface area (Å²) in [6.45, 7) is 1.76. The van der Waals surface area contributed by atoms with Gasteiger partial charge in [-0.3, -0.25) is 4.79 Å². The van der Waals surface area contributed by atoms with Crippen LogP contribution in [0.15, 0.2) is 47.4 Å². The van der Waals surface area contributed by atoms with Gasteiger partial charge in [-0.15, -0.1) is 0 Å². The molecule has 1 aliphatic heterocycles. The van der Waals surface area contributed by atoms with Gasteiger partial charge in [-0.2, -0.15) is 0 Å². The summed E-state index contributed by atoms with van der Waals surface area (Å²) < 4.78 is 29.4. The molecular weight excluding hydrogens is 411 g/mol. The predicted octanol–water partition coefficient (Wildman–Crippen LogP) is 3.38. The molecule has 1 unspecified atom stereocenters. The topological polar surface area (TPSA) is 85.9 Å². The zero-order chi connectivity index (χ0) is 21.5. The van der Waals surface area contributed by atoms with Crippen LogP contribution in [0.4, 0.5) is 10.1 Å². The predicted molar refractivity (Wildman–Crippen MR) is 113 cm³/mol. The molecule has 0 aromatic heterocycles. The van der Waals surface area contributed by atoms with Crippen molar-refractivity contribution in [3.8, 4) is 11.5 Å². The third-order valence-corrected chi connectivity index (χ3v) is 5.06. The van der Waals surface area contributed by atoms with Crippen LogP contribution in [0.3, 0.4) is 0 Å².